The van der Waals surface area contributed by atoms with Gasteiger partial charge in [0, 0.05) is 35.6 Å². The van der Waals surface area contributed by atoms with Gasteiger partial charge >= 0.3 is 0 Å². The van der Waals surface area contributed by atoms with Crippen molar-refractivity contribution in [2.24, 2.45) is 10.1 Å². The molecular formula is C30H34N6O7. The number of nitrogens with zero attached hydrogens (tertiary/aromatic N) is 4. The second-order valence-corrected chi connectivity index (χ2v) is 9.72. The van der Waals surface area contributed by atoms with E-state index >= 15 is 0 Å². The molecule has 0 unspecified atom stereocenters. The van der Waals surface area contributed by atoms with Crippen molar-refractivity contribution in [2.75, 3.05) is 33.5 Å². The summed E-state index contributed by atoms with van der Waals surface area (Å²) in [5.74, 6) is 0.714. The van der Waals surface area contributed by atoms with E-state index < -0.39 is 36.8 Å². The van der Waals surface area contributed by atoms with Gasteiger partial charge in [-0.2, -0.15) is 0 Å². The number of amides is 1. The number of carbonyl (C=O) groups excluding carboxylic acids is 1. The van der Waals surface area contributed by atoms with E-state index in [2.05, 4.69) is 20.9 Å². The molecule has 2 atom stereocenters. The van der Waals surface area contributed by atoms with Gasteiger partial charge in [-0.25, -0.2) is 10.4 Å². The fraction of sp³-hybridized carbons (Fsp3) is 0.333. The van der Waals surface area contributed by atoms with Gasteiger partial charge in [0.15, 0.2) is 11.6 Å². The summed E-state index contributed by atoms with van der Waals surface area (Å²) in [6.45, 7) is -0.483. The largest absolute Gasteiger partial charge is 0.497 e. The number of hydrazine groups is 1. The molecule has 0 saturated heterocycles. The van der Waals surface area contributed by atoms with Crippen LogP contribution < -0.4 is 20.3 Å². The van der Waals surface area contributed by atoms with Crippen LogP contribution in [0.15, 0.2) is 82.9 Å². The number of benzene rings is 3. The number of methoxy groups -OCH3 is 1. The number of azide groups is 1. The third-order valence-corrected chi connectivity index (χ3v) is 6.86. The van der Waals surface area contributed by atoms with E-state index in [1.165, 1.54) is 7.11 Å². The van der Waals surface area contributed by atoms with Gasteiger partial charge < -0.3 is 29.5 Å². The second-order valence-electron chi connectivity index (χ2n) is 9.72. The Morgan fingerprint density at radius 3 is 2.56 bits per heavy atom. The van der Waals surface area contributed by atoms with Crippen LogP contribution in [0.3, 0.4) is 0 Å². The number of hydrogen-bond acceptors (Lipinski definition) is 10. The molecule has 0 radical (unpaired) electrons. The Kier molecular flexibility index (Phi) is 10.9. The van der Waals surface area contributed by atoms with Gasteiger partial charge in [0.25, 0.3) is 5.91 Å². The highest BCUT2D eigenvalue weighted by atomic mass is 16.5. The summed E-state index contributed by atoms with van der Waals surface area (Å²) in [6.07, 6.45) is -0.511. The number of aliphatic hydroxyl groups excluding tert-OH is 3. The zero-order chi connectivity index (χ0) is 30.7. The van der Waals surface area contributed by atoms with E-state index in [-0.39, 0.29) is 18.9 Å². The van der Waals surface area contributed by atoms with Gasteiger partial charge in [-0.15, -0.1) is 0 Å². The SMILES string of the molecule is COc1cccc([C@@H]2OC(c3ccc(OCCCO)cc3)=N[C@]2(Cc2ccccc2N=[N+]=[N-])C(=O)NNC(CO)CO)c1. The molecule has 1 amide bonds. The Bertz CT molecular complexity index is 1460. The number of aliphatic hydroxyl groups is 3. The van der Waals surface area contributed by atoms with E-state index in [9.17, 15) is 20.5 Å². The Balaban J connectivity index is 1.83. The molecule has 5 N–H and O–H groups in total. The number of rotatable bonds is 15. The second kappa shape index (κ2) is 15.0. The lowest BCUT2D eigenvalue weighted by Gasteiger charge is -2.32. The Hall–Kier alpha value is -4.65. The lowest BCUT2D eigenvalue weighted by atomic mass is 9.81. The van der Waals surface area contributed by atoms with E-state index in [0.29, 0.717) is 46.9 Å². The van der Waals surface area contributed by atoms with Crippen LogP contribution in [0.1, 0.15) is 29.2 Å². The Morgan fingerprint density at radius 1 is 1.09 bits per heavy atom. The summed E-state index contributed by atoms with van der Waals surface area (Å²) in [6, 6.07) is 20.1. The van der Waals surface area contributed by atoms with Crippen molar-refractivity contribution >= 4 is 17.5 Å². The third-order valence-electron chi connectivity index (χ3n) is 6.86. The van der Waals surface area contributed by atoms with Crippen LogP contribution in [0.2, 0.25) is 0 Å². The quantitative estimate of drug-likeness (QED) is 0.0587. The molecule has 3 aromatic carbocycles. The van der Waals surface area contributed by atoms with E-state index in [4.69, 9.17) is 24.3 Å². The molecule has 4 rings (SSSR count). The highest BCUT2D eigenvalue weighted by molar-refractivity contribution is 6.01. The minimum atomic E-state index is -1.65. The van der Waals surface area contributed by atoms with Crippen molar-refractivity contribution in [1.29, 1.82) is 0 Å². The standard InChI is InChI=1S/C30H34N6O7/c1-41-25-8-4-7-21(16-25)27-30(29(40)35-33-23(18-38)19-39,17-22-6-2-3-9-26(22)34-36-31)32-28(43-27)20-10-12-24(13-11-20)42-15-5-14-37/h2-4,6-13,16,23,27,33,37-39H,5,14-15,17-19H2,1H3,(H,35,40)/t27-,30-/m0/s1. The lowest BCUT2D eigenvalue weighted by molar-refractivity contribution is -0.130. The van der Waals surface area contributed by atoms with Gasteiger partial charge in [0.2, 0.25) is 5.90 Å². The summed E-state index contributed by atoms with van der Waals surface area (Å²) in [7, 11) is 1.53. The van der Waals surface area contributed by atoms with Gasteiger partial charge in [0.1, 0.15) is 11.5 Å². The van der Waals surface area contributed by atoms with Crippen LogP contribution in [0.25, 0.3) is 10.4 Å². The topological polar surface area (TPSA) is 191 Å². The van der Waals surface area contributed by atoms with Crippen molar-refractivity contribution in [1.82, 2.24) is 10.9 Å². The first-order chi connectivity index (χ1) is 21.0. The smallest absolute Gasteiger partial charge is 0.266 e. The van der Waals surface area contributed by atoms with Crippen molar-refractivity contribution < 1.29 is 34.3 Å². The average Bonchev–Trinajstić information content (AvgIpc) is 3.43. The zero-order valence-corrected chi connectivity index (χ0v) is 23.6. The first-order valence-corrected chi connectivity index (χ1v) is 13.6. The first-order valence-electron chi connectivity index (χ1n) is 13.6. The molecule has 1 heterocycles. The minimum Gasteiger partial charge on any atom is -0.497 e. The average molecular weight is 591 g/mol. The molecule has 0 saturated carbocycles. The third kappa shape index (κ3) is 7.41. The van der Waals surface area contributed by atoms with Gasteiger partial charge in [-0.1, -0.05) is 41.5 Å². The molecule has 226 valence electrons. The number of hydrogen-bond donors (Lipinski definition) is 5. The molecule has 1 aliphatic rings. The maximum atomic E-state index is 14.2. The van der Waals surface area contributed by atoms with Crippen LogP contribution in [0.4, 0.5) is 5.69 Å². The van der Waals surface area contributed by atoms with Crippen LogP contribution in [0, 0.1) is 0 Å². The van der Waals surface area contributed by atoms with Crippen LogP contribution in [0.5, 0.6) is 11.5 Å². The monoisotopic (exact) mass is 590 g/mol. The molecule has 0 bridgehead atoms. The van der Waals surface area contributed by atoms with Crippen LogP contribution >= 0.6 is 0 Å². The van der Waals surface area contributed by atoms with Gasteiger partial charge in [0.05, 0.1) is 33.0 Å². The van der Waals surface area contributed by atoms with Gasteiger partial charge in [-0.05, 0) is 53.1 Å². The van der Waals surface area contributed by atoms with E-state index in [0.717, 1.165) is 0 Å². The summed E-state index contributed by atoms with van der Waals surface area (Å²) in [5.41, 5.74) is 14.8. The van der Waals surface area contributed by atoms with Crippen LogP contribution in [-0.2, 0) is 16.0 Å². The minimum absolute atomic E-state index is 0.0214. The predicted octanol–water partition coefficient (Wildman–Crippen LogP) is 2.87. The maximum Gasteiger partial charge on any atom is 0.266 e. The molecule has 43 heavy (non-hydrogen) atoms. The molecule has 0 aliphatic carbocycles. The Morgan fingerprint density at radius 2 is 1.86 bits per heavy atom. The summed E-state index contributed by atoms with van der Waals surface area (Å²) < 4.78 is 17.6. The molecular weight excluding hydrogens is 556 g/mol. The van der Waals surface area contributed by atoms with Gasteiger partial charge in [-0.3, -0.25) is 10.2 Å². The van der Waals surface area contributed by atoms with Crippen molar-refractivity contribution in [3.05, 3.63) is 99.9 Å². The molecule has 13 heteroatoms. The zero-order valence-electron chi connectivity index (χ0n) is 23.6. The fourth-order valence-electron chi connectivity index (χ4n) is 4.61. The summed E-state index contributed by atoms with van der Waals surface area (Å²) in [4.78, 5) is 22.0. The Labute approximate surface area is 248 Å². The molecule has 0 fully saturated rings. The number of nitrogens with one attached hydrogen (secondary N) is 2. The van der Waals surface area contributed by atoms with Crippen molar-refractivity contribution in [3.8, 4) is 11.5 Å². The molecule has 13 nitrogen and oxygen atoms in total. The fourth-order valence-corrected chi connectivity index (χ4v) is 4.61. The summed E-state index contributed by atoms with van der Waals surface area (Å²) in [5, 5.41) is 32.0. The predicted molar refractivity (Wildman–Crippen MR) is 158 cm³/mol. The molecule has 0 spiro atoms. The van der Waals surface area contributed by atoms with Crippen LogP contribution in [-0.4, -0.2) is 72.2 Å². The highest BCUT2D eigenvalue weighted by Crippen LogP contribution is 2.44. The number of carbonyl (C=O) groups is 1. The van der Waals surface area contributed by atoms with Crippen molar-refractivity contribution in [3.63, 3.8) is 0 Å². The molecule has 0 aromatic heterocycles. The lowest BCUT2D eigenvalue weighted by Crippen LogP contribution is -2.57. The normalized spacial score (nSPS) is 17.5. The molecule has 3 aromatic rings. The highest BCUT2D eigenvalue weighted by Gasteiger charge is 2.53. The first kappa shape index (κ1) is 31.3. The maximum absolute atomic E-state index is 14.2. The summed E-state index contributed by atoms with van der Waals surface area (Å²) >= 11 is 0. The molecule has 1 aliphatic heterocycles. The number of ether oxygens (including phenoxy) is 3. The van der Waals surface area contributed by atoms with E-state index in [1.807, 2.05) is 0 Å². The van der Waals surface area contributed by atoms with Crippen molar-refractivity contribution in [2.45, 2.75) is 30.5 Å². The van der Waals surface area contributed by atoms with E-state index in [1.54, 1.807) is 72.8 Å². The number of aliphatic imine (C=N–C) groups is 1.